The lowest BCUT2D eigenvalue weighted by atomic mass is 10.2. The molecule has 0 radical (unpaired) electrons. The van der Waals surface area contributed by atoms with E-state index in [0.717, 1.165) is 4.88 Å². The summed E-state index contributed by atoms with van der Waals surface area (Å²) in [5, 5.41) is 6.41. The molecule has 1 aromatic carbocycles. The van der Waals surface area contributed by atoms with Gasteiger partial charge in [0.05, 0.1) is 11.4 Å². The summed E-state index contributed by atoms with van der Waals surface area (Å²) in [6.07, 6.45) is 0. The Morgan fingerprint density at radius 1 is 1.08 bits per heavy atom. The Bertz CT molecular complexity index is 857. The molecule has 1 amide bonds. The van der Waals surface area contributed by atoms with Gasteiger partial charge >= 0.3 is 0 Å². The van der Waals surface area contributed by atoms with Gasteiger partial charge in [0, 0.05) is 15.8 Å². The highest BCUT2D eigenvalue weighted by Gasteiger charge is 2.12. The molecule has 2 aromatic heterocycles. The number of hydrogen-bond donors (Lipinski definition) is 1. The number of carbonyl (C=O) groups is 2. The van der Waals surface area contributed by atoms with Crippen molar-refractivity contribution in [1.29, 1.82) is 0 Å². The molecular formula is C18H14FNO3S2. The molecule has 0 fully saturated rings. The second kappa shape index (κ2) is 8.04. The molecule has 0 spiro atoms. The first-order valence-corrected chi connectivity index (χ1v) is 9.18. The Kier molecular flexibility index (Phi) is 5.57. The van der Waals surface area contributed by atoms with Crippen molar-refractivity contribution in [2.75, 3.05) is 6.61 Å². The molecule has 3 rings (SSSR count). The zero-order valence-electron chi connectivity index (χ0n) is 13.0. The van der Waals surface area contributed by atoms with Crippen LogP contribution in [0.15, 0.2) is 53.2 Å². The summed E-state index contributed by atoms with van der Waals surface area (Å²) < 4.78 is 18.1. The fraction of sp³-hybridized carbons (Fsp3) is 0.111. The van der Waals surface area contributed by atoms with E-state index >= 15 is 0 Å². The molecule has 7 heteroatoms. The third kappa shape index (κ3) is 4.74. The van der Waals surface area contributed by atoms with E-state index in [2.05, 4.69) is 5.32 Å². The quantitative estimate of drug-likeness (QED) is 0.638. The van der Waals surface area contributed by atoms with Crippen molar-refractivity contribution < 1.29 is 18.7 Å². The Hall–Kier alpha value is -2.51. The lowest BCUT2D eigenvalue weighted by Gasteiger charge is -2.06. The Labute approximate surface area is 151 Å². The summed E-state index contributed by atoms with van der Waals surface area (Å²) in [4.78, 5) is 25.6. The Morgan fingerprint density at radius 2 is 1.88 bits per heavy atom. The molecule has 0 aliphatic carbocycles. The van der Waals surface area contributed by atoms with Gasteiger partial charge in [-0.15, -0.1) is 11.3 Å². The monoisotopic (exact) mass is 375 g/mol. The van der Waals surface area contributed by atoms with Crippen molar-refractivity contribution >= 4 is 34.4 Å². The minimum atomic E-state index is -0.359. The molecular weight excluding hydrogens is 361 g/mol. The molecule has 0 bridgehead atoms. The summed E-state index contributed by atoms with van der Waals surface area (Å²) in [5.74, 6) is -0.231. The average molecular weight is 375 g/mol. The molecule has 3 aromatic rings. The molecule has 0 aliphatic rings. The molecule has 0 aliphatic heterocycles. The largest absolute Gasteiger partial charge is 0.484 e. The molecule has 0 atom stereocenters. The van der Waals surface area contributed by atoms with Gasteiger partial charge in [-0.1, -0.05) is 0 Å². The zero-order valence-corrected chi connectivity index (χ0v) is 14.7. The highest BCUT2D eigenvalue weighted by molar-refractivity contribution is 7.14. The van der Waals surface area contributed by atoms with E-state index in [-0.39, 0.29) is 24.1 Å². The molecule has 1 N–H and O–H groups in total. The van der Waals surface area contributed by atoms with Crippen molar-refractivity contribution in [3.63, 3.8) is 0 Å². The number of halogens is 1. The molecule has 128 valence electrons. The number of hydrogen-bond acceptors (Lipinski definition) is 5. The maximum absolute atomic E-state index is 12.8. The number of rotatable bonds is 7. The normalized spacial score (nSPS) is 10.4. The van der Waals surface area contributed by atoms with Crippen LogP contribution in [0.1, 0.15) is 20.1 Å². The van der Waals surface area contributed by atoms with Crippen LogP contribution >= 0.6 is 22.7 Å². The van der Waals surface area contributed by atoms with Gasteiger partial charge in [-0.3, -0.25) is 9.59 Å². The summed E-state index contributed by atoms with van der Waals surface area (Å²) in [6.45, 7) is 0.172. The van der Waals surface area contributed by atoms with Gasteiger partial charge in [0.2, 0.25) is 5.78 Å². The highest BCUT2D eigenvalue weighted by atomic mass is 32.1. The fourth-order valence-electron chi connectivity index (χ4n) is 2.05. The molecule has 0 saturated carbocycles. The van der Waals surface area contributed by atoms with Crippen LogP contribution in [0.25, 0.3) is 0 Å². The second-order valence-corrected chi connectivity index (χ2v) is 7.07. The molecule has 25 heavy (non-hydrogen) atoms. The topological polar surface area (TPSA) is 55.4 Å². The first-order chi connectivity index (χ1) is 12.1. The predicted molar refractivity (Wildman–Crippen MR) is 95.8 cm³/mol. The number of thiophene rings is 2. The SMILES string of the molecule is O=C(COc1ccc(F)cc1)NCc1ccc(C(=O)c2ccsc2)s1. The van der Waals surface area contributed by atoms with Crippen molar-refractivity contribution in [2.45, 2.75) is 6.54 Å². The van der Waals surface area contributed by atoms with Gasteiger partial charge in [0.1, 0.15) is 11.6 Å². The van der Waals surface area contributed by atoms with E-state index in [0.29, 0.717) is 22.7 Å². The lowest BCUT2D eigenvalue weighted by molar-refractivity contribution is -0.123. The van der Waals surface area contributed by atoms with E-state index in [1.807, 2.05) is 16.8 Å². The number of ketones is 1. The van der Waals surface area contributed by atoms with E-state index in [1.54, 1.807) is 12.1 Å². The van der Waals surface area contributed by atoms with Crippen LogP contribution in [0.5, 0.6) is 5.75 Å². The van der Waals surface area contributed by atoms with Crippen LogP contribution in [-0.4, -0.2) is 18.3 Å². The molecule has 0 unspecified atom stereocenters. The van der Waals surface area contributed by atoms with Gasteiger partial charge in [0.25, 0.3) is 5.91 Å². The van der Waals surface area contributed by atoms with E-state index < -0.39 is 0 Å². The number of benzene rings is 1. The van der Waals surface area contributed by atoms with Crippen LogP contribution in [0, 0.1) is 5.82 Å². The van der Waals surface area contributed by atoms with Crippen LogP contribution in [0.4, 0.5) is 4.39 Å². The average Bonchev–Trinajstić information content (AvgIpc) is 3.30. The molecule has 4 nitrogen and oxygen atoms in total. The fourth-order valence-corrected chi connectivity index (χ4v) is 3.59. The maximum atomic E-state index is 12.8. The van der Waals surface area contributed by atoms with Crippen LogP contribution in [0.3, 0.4) is 0 Å². The van der Waals surface area contributed by atoms with Gasteiger partial charge in [-0.25, -0.2) is 4.39 Å². The summed E-state index contributed by atoms with van der Waals surface area (Å²) in [6, 6.07) is 10.8. The smallest absolute Gasteiger partial charge is 0.258 e. The summed E-state index contributed by atoms with van der Waals surface area (Å²) >= 11 is 2.84. The minimum Gasteiger partial charge on any atom is -0.484 e. The van der Waals surface area contributed by atoms with Crippen LogP contribution in [0.2, 0.25) is 0 Å². The second-order valence-electron chi connectivity index (χ2n) is 5.13. The van der Waals surface area contributed by atoms with E-state index in [4.69, 9.17) is 4.74 Å². The highest BCUT2D eigenvalue weighted by Crippen LogP contribution is 2.21. The Morgan fingerprint density at radius 3 is 2.60 bits per heavy atom. The number of nitrogens with one attached hydrogen (secondary N) is 1. The third-order valence-electron chi connectivity index (χ3n) is 3.31. The first kappa shape index (κ1) is 17.3. The number of amides is 1. The van der Waals surface area contributed by atoms with Gasteiger partial charge in [0.15, 0.2) is 6.61 Å². The number of ether oxygens (including phenoxy) is 1. The van der Waals surface area contributed by atoms with Gasteiger partial charge < -0.3 is 10.1 Å². The van der Waals surface area contributed by atoms with Crippen molar-refractivity contribution in [3.05, 3.63) is 74.4 Å². The summed E-state index contributed by atoms with van der Waals surface area (Å²) in [7, 11) is 0. The zero-order chi connectivity index (χ0) is 17.6. The lowest BCUT2D eigenvalue weighted by Crippen LogP contribution is -2.28. The predicted octanol–water partition coefficient (Wildman–Crippen LogP) is 3.87. The van der Waals surface area contributed by atoms with Crippen LogP contribution < -0.4 is 10.1 Å². The number of carbonyl (C=O) groups excluding carboxylic acids is 2. The maximum Gasteiger partial charge on any atom is 0.258 e. The van der Waals surface area contributed by atoms with Gasteiger partial charge in [-0.2, -0.15) is 11.3 Å². The molecule has 2 heterocycles. The van der Waals surface area contributed by atoms with Crippen molar-refractivity contribution in [2.24, 2.45) is 0 Å². The Balaban J connectivity index is 1.47. The first-order valence-electron chi connectivity index (χ1n) is 7.42. The van der Waals surface area contributed by atoms with E-state index in [9.17, 15) is 14.0 Å². The third-order valence-corrected chi connectivity index (χ3v) is 5.08. The van der Waals surface area contributed by atoms with Crippen molar-refractivity contribution in [3.8, 4) is 5.75 Å². The van der Waals surface area contributed by atoms with E-state index in [1.165, 1.54) is 46.9 Å². The van der Waals surface area contributed by atoms with Crippen molar-refractivity contribution in [1.82, 2.24) is 5.32 Å². The minimum absolute atomic E-state index is 0.0107. The van der Waals surface area contributed by atoms with Gasteiger partial charge in [-0.05, 0) is 47.8 Å². The van der Waals surface area contributed by atoms with Crippen LogP contribution in [-0.2, 0) is 11.3 Å². The summed E-state index contributed by atoms with van der Waals surface area (Å²) in [5.41, 5.74) is 0.676. The standard InChI is InChI=1S/C18H14FNO3S2/c19-13-1-3-14(4-2-13)23-10-17(21)20-9-15-5-6-16(25-15)18(22)12-7-8-24-11-12/h1-8,11H,9-10H2,(H,20,21). The molecule has 0 saturated heterocycles.